The maximum absolute atomic E-state index is 5.59. The highest BCUT2D eigenvalue weighted by Crippen LogP contribution is 2.13. The fourth-order valence-corrected chi connectivity index (χ4v) is 1.73. The number of halogens is 1. The lowest BCUT2D eigenvalue weighted by atomic mass is 10.2. The van der Waals surface area contributed by atoms with E-state index in [9.17, 15) is 0 Å². The molecular formula is C10H16ClN3S. The van der Waals surface area contributed by atoms with Crippen molar-refractivity contribution in [1.29, 1.82) is 0 Å². The summed E-state index contributed by atoms with van der Waals surface area (Å²) in [4.78, 5) is 8.25. The minimum atomic E-state index is 0.754. The normalized spacial score (nSPS) is 10.3. The standard InChI is InChI=1S/C10H16ClN3S/c1-15-10-7-9(13-8-14-10)12-6-4-2-3-5-11/h7-8H,2-6H2,1H3,(H,12,13,14). The first-order chi connectivity index (χ1) is 7.36. The Hall–Kier alpha value is -0.480. The Morgan fingerprint density at radius 3 is 2.93 bits per heavy atom. The number of rotatable bonds is 7. The lowest BCUT2D eigenvalue weighted by molar-refractivity contribution is 0.745. The van der Waals surface area contributed by atoms with E-state index in [1.54, 1.807) is 18.1 Å². The average Bonchev–Trinajstić information content (AvgIpc) is 2.29. The van der Waals surface area contributed by atoms with Gasteiger partial charge in [-0.2, -0.15) is 0 Å². The summed E-state index contributed by atoms with van der Waals surface area (Å²) in [6.07, 6.45) is 6.98. The highest BCUT2D eigenvalue weighted by atomic mass is 35.5. The Labute approximate surface area is 100 Å². The molecule has 0 aliphatic rings. The zero-order valence-corrected chi connectivity index (χ0v) is 10.4. The van der Waals surface area contributed by atoms with Crippen LogP contribution in [0.2, 0.25) is 0 Å². The maximum Gasteiger partial charge on any atom is 0.130 e. The molecule has 0 unspecified atom stereocenters. The second-order valence-corrected chi connectivity index (χ2v) is 4.33. The molecule has 0 spiro atoms. The first kappa shape index (κ1) is 12.6. The first-order valence-corrected chi connectivity index (χ1v) is 6.78. The van der Waals surface area contributed by atoms with E-state index in [0.29, 0.717) is 0 Å². The number of anilines is 1. The highest BCUT2D eigenvalue weighted by Gasteiger charge is 1.96. The van der Waals surface area contributed by atoms with Crippen molar-refractivity contribution in [3.8, 4) is 0 Å². The van der Waals surface area contributed by atoms with Crippen LogP contribution >= 0.6 is 23.4 Å². The molecule has 15 heavy (non-hydrogen) atoms. The molecule has 0 atom stereocenters. The van der Waals surface area contributed by atoms with E-state index in [0.717, 1.165) is 42.5 Å². The van der Waals surface area contributed by atoms with Crippen LogP contribution < -0.4 is 5.32 Å². The van der Waals surface area contributed by atoms with Crippen molar-refractivity contribution in [3.63, 3.8) is 0 Å². The number of hydrogen-bond donors (Lipinski definition) is 1. The molecule has 0 saturated carbocycles. The van der Waals surface area contributed by atoms with Gasteiger partial charge in [0, 0.05) is 18.5 Å². The lowest BCUT2D eigenvalue weighted by Crippen LogP contribution is -2.03. The Morgan fingerprint density at radius 2 is 2.20 bits per heavy atom. The second-order valence-electron chi connectivity index (χ2n) is 3.12. The van der Waals surface area contributed by atoms with Crippen LogP contribution in [0.15, 0.2) is 17.4 Å². The van der Waals surface area contributed by atoms with Crippen molar-refractivity contribution in [2.24, 2.45) is 0 Å². The predicted molar refractivity (Wildman–Crippen MR) is 66.9 cm³/mol. The number of aromatic nitrogens is 2. The van der Waals surface area contributed by atoms with Crippen molar-refractivity contribution in [2.75, 3.05) is 24.0 Å². The summed E-state index contributed by atoms with van der Waals surface area (Å²) >= 11 is 7.22. The van der Waals surface area contributed by atoms with E-state index < -0.39 is 0 Å². The number of nitrogens with one attached hydrogen (secondary N) is 1. The third-order valence-corrected chi connectivity index (χ3v) is 2.88. The molecule has 3 nitrogen and oxygen atoms in total. The molecular weight excluding hydrogens is 230 g/mol. The van der Waals surface area contributed by atoms with E-state index in [1.807, 2.05) is 12.3 Å². The van der Waals surface area contributed by atoms with E-state index in [4.69, 9.17) is 11.6 Å². The van der Waals surface area contributed by atoms with Crippen molar-refractivity contribution in [3.05, 3.63) is 12.4 Å². The van der Waals surface area contributed by atoms with Crippen LogP contribution in [0.1, 0.15) is 19.3 Å². The molecule has 0 aliphatic heterocycles. The Bertz CT molecular complexity index is 283. The predicted octanol–water partition coefficient (Wildman–Crippen LogP) is 3.02. The number of nitrogens with zero attached hydrogens (tertiary/aromatic N) is 2. The van der Waals surface area contributed by atoms with E-state index in [1.165, 1.54) is 0 Å². The van der Waals surface area contributed by atoms with Gasteiger partial charge in [0.1, 0.15) is 17.2 Å². The molecule has 0 saturated heterocycles. The summed E-state index contributed by atoms with van der Waals surface area (Å²) in [5.41, 5.74) is 0. The molecule has 1 rings (SSSR count). The molecule has 1 heterocycles. The maximum atomic E-state index is 5.59. The summed E-state index contributed by atoms with van der Waals surface area (Å²) in [6, 6.07) is 1.96. The fourth-order valence-electron chi connectivity index (χ4n) is 1.16. The van der Waals surface area contributed by atoms with Crippen LogP contribution in [0.4, 0.5) is 5.82 Å². The van der Waals surface area contributed by atoms with E-state index >= 15 is 0 Å². The number of thioether (sulfide) groups is 1. The third kappa shape index (κ3) is 5.23. The van der Waals surface area contributed by atoms with Gasteiger partial charge in [-0.05, 0) is 19.1 Å². The Balaban J connectivity index is 2.24. The van der Waals surface area contributed by atoms with Gasteiger partial charge >= 0.3 is 0 Å². The van der Waals surface area contributed by atoms with Crippen molar-refractivity contribution in [2.45, 2.75) is 24.3 Å². The molecule has 1 aromatic rings. The number of unbranched alkanes of at least 4 members (excludes halogenated alkanes) is 2. The molecule has 0 bridgehead atoms. The molecule has 1 aromatic heterocycles. The van der Waals surface area contributed by atoms with Crippen molar-refractivity contribution >= 4 is 29.2 Å². The fraction of sp³-hybridized carbons (Fsp3) is 0.600. The van der Waals surface area contributed by atoms with Gasteiger partial charge in [0.25, 0.3) is 0 Å². The molecule has 5 heteroatoms. The lowest BCUT2D eigenvalue weighted by Gasteiger charge is -2.05. The van der Waals surface area contributed by atoms with Crippen molar-refractivity contribution < 1.29 is 0 Å². The Morgan fingerprint density at radius 1 is 1.33 bits per heavy atom. The van der Waals surface area contributed by atoms with Gasteiger partial charge in [-0.25, -0.2) is 9.97 Å². The monoisotopic (exact) mass is 245 g/mol. The van der Waals surface area contributed by atoms with Crippen LogP contribution in [-0.2, 0) is 0 Å². The topological polar surface area (TPSA) is 37.8 Å². The minimum absolute atomic E-state index is 0.754. The smallest absolute Gasteiger partial charge is 0.130 e. The molecule has 0 aliphatic carbocycles. The minimum Gasteiger partial charge on any atom is -0.370 e. The summed E-state index contributed by atoms with van der Waals surface area (Å²) in [7, 11) is 0. The SMILES string of the molecule is CSc1cc(NCCCCCCl)ncn1. The summed E-state index contributed by atoms with van der Waals surface area (Å²) in [6.45, 7) is 0.946. The van der Waals surface area contributed by atoms with Crippen LogP contribution in [0.5, 0.6) is 0 Å². The average molecular weight is 246 g/mol. The molecule has 0 amide bonds. The van der Waals surface area contributed by atoms with E-state index in [2.05, 4.69) is 15.3 Å². The second kappa shape index (κ2) is 7.77. The zero-order chi connectivity index (χ0) is 10.9. The number of hydrogen-bond acceptors (Lipinski definition) is 4. The van der Waals surface area contributed by atoms with Crippen LogP contribution in [-0.4, -0.2) is 28.6 Å². The largest absolute Gasteiger partial charge is 0.370 e. The molecule has 0 radical (unpaired) electrons. The molecule has 0 aromatic carbocycles. The van der Waals surface area contributed by atoms with Gasteiger partial charge in [0.15, 0.2) is 0 Å². The first-order valence-electron chi connectivity index (χ1n) is 5.02. The van der Waals surface area contributed by atoms with E-state index in [-0.39, 0.29) is 0 Å². The Kier molecular flexibility index (Phi) is 6.52. The highest BCUT2D eigenvalue weighted by molar-refractivity contribution is 7.98. The molecule has 84 valence electrons. The van der Waals surface area contributed by atoms with Gasteiger partial charge in [0.2, 0.25) is 0 Å². The van der Waals surface area contributed by atoms with Gasteiger partial charge in [-0.1, -0.05) is 6.42 Å². The quantitative estimate of drug-likeness (QED) is 0.347. The summed E-state index contributed by atoms with van der Waals surface area (Å²) in [5, 5.41) is 4.26. The zero-order valence-electron chi connectivity index (χ0n) is 8.87. The van der Waals surface area contributed by atoms with Crippen molar-refractivity contribution in [1.82, 2.24) is 9.97 Å². The molecule has 1 N–H and O–H groups in total. The van der Waals surface area contributed by atoms with Gasteiger partial charge in [-0.3, -0.25) is 0 Å². The van der Waals surface area contributed by atoms with Gasteiger partial charge in [0.05, 0.1) is 0 Å². The third-order valence-electron chi connectivity index (χ3n) is 1.97. The van der Waals surface area contributed by atoms with Gasteiger partial charge in [-0.15, -0.1) is 23.4 Å². The van der Waals surface area contributed by atoms with Crippen LogP contribution in [0, 0.1) is 0 Å². The molecule has 0 fully saturated rings. The van der Waals surface area contributed by atoms with Crippen LogP contribution in [0.3, 0.4) is 0 Å². The van der Waals surface area contributed by atoms with Gasteiger partial charge < -0.3 is 5.32 Å². The summed E-state index contributed by atoms with van der Waals surface area (Å²) in [5.74, 6) is 1.66. The number of alkyl halides is 1. The summed E-state index contributed by atoms with van der Waals surface area (Å²) < 4.78 is 0. The van der Waals surface area contributed by atoms with Crippen LogP contribution in [0.25, 0.3) is 0 Å².